The molecule has 8 heteroatoms. The normalized spacial score (nSPS) is 10.1. The number of rotatable bonds is 6. The van der Waals surface area contributed by atoms with Crippen LogP contribution in [0.15, 0.2) is 36.4 Å². The van der Waals surface area contributed by atoms with Crippen molar-refractivity contribution in [2.24, 2.45) is 0 Å². The molecular weight excluding hydrogens is 334 g/mol. The lowest BCUT2D eigenvalue weighted by Crippen LogP contribution is -2.32. The Bertz CT molecular complexity index is 774. The van der Waals surface area contributed by atoms with E-state index in [4.69, 9.17) is 9.47 Å². The van der Waals surface area contributed by atoms with E-state index >= 15 is 0 Å². The SMILES string of the molecule is COc1cc(OC)cc(C(=O)NCC(=O)Nc2ccc(F)c(F)c2)c1. The minimum Gasteiger partial charge on any atom is -0.497 e. The number of halogens is 2. The molecule has 0 heterocycles. The maximum atomic E-state index is 13.1. The van der Waals surface area contributed by atoms with Gasteiger partial charge >= 0.3 is 0 Å². The van der Waals surface area contributed by atoms with E-state index < -0.39 is 23.4 Å². The summed E-state index contributed by atoms with van der Waals surface area (Å²) in [5, 5.41) is 4.77. The quantitative estimate of drug-likeness (QED) is 0.838. The Morgan fingerprint density at radius 3 is 2.16 bits per heavy atom. The van der Waals surface area contributed by atoms with Gasteiger partial charge in [0.25, 0.3) is 5.91 Å². The molecule has 0 bridgehead atoms. The molecule has 6 nitrogen and oxygen atoms in total. The summed E-state index contributed by atoms with van der Waals surface area (Å²) >= 11 is 0. The van der Waals surface area contributed by atoms with Gasteiger partial charge in [-0.05, 0) is 24.3 Å². The van der Waals surface area contributed by atoms with Crippen molar-refractivity contribution in [1.82, 2.24) is 5.32 Å². The summed E-state index contributed by atoms with van der Waals surface area (Å²) in [4.78, 5) is 23.9. The maximum absolute atomic E-state index is 13.1. The van der Waals surface area contributed by atoms with E-state index in [9.17, 15) is 18.4 Å². The van der Waals surface area contributed by atoms with Crippen LogP contribution in [0, 0.1) is 11.6 Å². The van der Waals surface area contributed by atoms with Gasteiger partial charge in [0.1, 0.15) is 11.5 Å². The molecule has 0 aliphatic carbocycles. The molecule has 2 aromatic carbocycles. The van der Waals surface area contributed by atoms with Gasteiger partial charge in [0, 0.05) is 23.4 Å². The number of nitrogens with one attached hydrogen (secondary N) is 2. The van der Waals surface area contributed by atoms with Gasteiger partial charge in [0.05, 0.1) is 20.8 Å². The molecule has 0 aromatic heterocycles. The van der Waals surface area contributed by atoms with Gasteiger partial charge in [-0.2, -0.15) is 0 Å². The summed E-state index contributed by atoms with van der Waals surface area (Å²) in [5.74, 6) is -2.35. The van der Waals surface area contributed by atoms with Crippen molar-refractivity contribution in [2.75, 3.05) is 26.1 Å². The maximum Gasteiger partial charge on any atom is 0.251 e. The van der Waals surface area contributed by atoms with E-state index in [0.29, 0.717) is 11.5 Å². The first-order valence-electron chi connectivity index (χ1n) is 7.19. The predicted molar refractivity (Wildman–Crippen MR) is 86.9 cm³/mol. The predicted octanol–water partition coefficient (Wildman–Crippen LogP) is 2.35. The van der Waals surface area contributed by atoms with Crippen LogP contribution in [0.25, 0.3) is 0 Å². The number of methoxy groups -OCH3 is 2. The zero-order valence-corrected chi connectivity index (χ0v) is 13.6. The fourth-order valence-electron chi connectivity index (χ4n) is 1.98. The van der Waals surface area contributed by atoms with Crippen molar-refractivity contribution in [1.29, 1.82) is 0 Å². The minimum atomic E-state index is -1.08. The van der Waals surface area contributed by atoms with E-state index in [0.717, 1.165) is 12.1 Å². The first kappa shape index (κ1) is 18.2. The van der Waals surface area contributed by atoms with Crippen LogP contribution in [-0.2, 0) is 4.79 Å². The van der Waals surface area contributed by atoms with Crippen LogP contribution in [0.4, 0.5) is 14.5 Å². The summed E-state index contributed by atoms with van der Waals surface area (Å²) in [7, 11) is 2.90. The number of hydrogen-bond donors (Lipinski definition) is 2. The van der Waals surface area contributed by atoms with Gasteiger partial charge in [-0.25, -0.2) is 8.78 Å². The van der Waals surface area contributed by atoms with Crippen LogP contribution < -0.4 is 20.1 Å². The van der Waals surface area contributed by atoms with Gasteiger partial charge < -0.3 is 20.1 Å². The third-order valence-corrected chi connectivity index (χ3v) is 3.23. The molecule has 0 spiro atoms. The highest BCUT2D eigenvalue weighted by Gasteiger charge is 2.12. The van der Waals surface area contributed by atoms with E-state index in [1.165, 1.54) is 32.4 Å². The topological polar surface area (TPSA) is 76.7 Å². The summed E-state index contributed by atoms with van der Waals surface area (Å²) in [6, 6.07) is 7.54. The highest BCUT2D eigenvalue weighted by molar-refractivity contribution is 5.99. The van der Waals surface area contributed by atoms with Crippen LogP contribution in [-0.4, -0.2) is 32.6 Å². The fraction of sp³-hybridized carbons (Fsp3) is 0.176. The summed E-state index contributed by atoms with van der Waals surface area (Å²) in [5.41, 5.74) is 0.332. The number of hydrogen-bond acceptors (Lipinski definition) is 4. The van der Waals surface area contributed by atoms with Gasteiger partial charge in [-0.1, -0.05) is 0 Å². The zero-order chi connectivity index (χ0) is 18.4. The molecule has 0 radical (unpaired) electrons. The highest BCUT2D eigenvalue weighted by Crippen LogP contribution is 2.22. The molecule has 0 saturated carbocycles. The Kier molecular flexibility index (Phi) is 5.89. The minimum absolute atomic E-state index is 0.0844. The molecule has 2 N–H and O–H groups in total. The number of carbonyl (C=O) groups is 2. The van der Waals surface area contributed by atoms with Crippen LogP contribution in [0.3, 0.4) is 0 Å². The standard InChI is InChI=1S/C17H16F2N2O4/c1-24-12-5-10(6-13(8-12)25-2)17(23)20-9-16(22)21-11-3-4-14(18)15(19)7-11/h3-8H,9H2,1-2H3,(H,20,23)(H,21,22). The van der Waals surface area contributed by atoms with Crippen LogP contribution >= 0.6 is 0 Å². The second-order valence-corrected chi connectivity index (χ2v) is 4.96. The highest BCUT2D eigenvalue weighted by atomic mass is 19.2. The first-order valence-corrected chi connectivity index (χ1v) is 7.19. The van der Waals surface area contributed by atoms with Crippen molar-refractivity contribution in [2.45, 2.75) is 0 Å². The summed E-state index contributed by atoms with van der Waals surface area (Å²) < 4.78 is 36.1. The summed E-state index contributed by atoms with van der Waals surface area (Å²) in [6.07, 6.45) is 0. The lowest BCUT2D eigenvalue weighted by atomic mass is 10.2. The molecule has 2 rings (SSSR count). The monoisotopic (exact) mass is 350 g/mol. The fourth-order valence-corrected chi connectivity index (χ4v) is 1.98. The van der Waals surface area contributed by atoms with Crippen molar-refractivity contribution < 1.29 is 27.8 Å². The van der Waals surface area contributed by atoms with Gasteiger partial charge in [-0.3, -0.25) is 9.59 Å². The Balaban J connectivity index is 1.97. The van der Waals surface area contributed by atoms with E-state index in [1.807, 2.05) is 0 Å². The van der Waals surface area contributed by atoms with E-state index in [2.05, 4.69) is 10.6 Å². The molecule has 0 atom stereocenters. The summed E-state index contributed by atoms with van der Waals surface area (Å²) in [6.45, 7) is -0.350. The lowest BCUT2D eigenvalue weighted by Gasteiger charge is -2.10. The lowest BCUT2D eigenvalue weighted by molar-refractivity contribution is -0.115. The molecule has 2 amide bonds. The van der Waals surface area contributed by atoms with Crippen molar-refractivity contribution in [3.05, 3.63) is 53.6 Å². The Hall–Kier alpha value is -3.16. The average Bonchev–Trinajstić information content (AvgIpc) is 2.62. The molecule has 25 heavy (non-hydrogen) atoms. The third-order valence-electron chi connectivity index (χ3n) is 3.23. The van der Waals surface area contributed by atoms with Gasteiger partial charge in [-0.15, -0.1) is 0 Å². The molecule has 0 saturated heterocycles. The second kappa shape index (κ2) is 8.09. The molecule has 0 unspecified atom stereocenters. The third kappa shape index (κ3) is 4.90. The Morgan fingerprint density at radius 1 is 0.960 bits per heavy atom. The van der Waals surface area contributed by atoms with Crippen molar-refractivity contribution in [3.63, 3.8) is 0 Å². The molecular formula is C17H16F2N2O4. The molecule has 0 aliphatic rings. The number of benzene rings is 2. The number of carbonyl (C=O) groups excluding carboxylic acids is 2. The second-order valence-electron chi connectivity index (χ2n) is 4.96. The van der Waals surface area contributed by atoms with Crippen molar-refractivity contribution >= 4 is 17.5 Å². The van der Waals surface area contributed by atoms with Gasteiger partial charge in [0.2, 0.25) is 5.91 Å². The average molecular weight is 350 g/mol. The smallest absolute Gasteiger partial charge is 0.251 e. The molecule has 2 aromatic rings. The molecule has 0 aliphatic heterocycles. The van der Waals surface area contributed by atoms with Gasteiger partial charge in [0.15, 0.2) is 11.6 Å². The largest absolute Gasteiger partial charge is 0.497 e. The van der Waals surface area contributed by atoms with Crippen molar-refractivity contribution in [3.8, 4) is 11.5 Å². The number of ether oxygens (including phenoxy) is 2. The Labute approximate surface area is 142 Å². The molecule has 132 valence electrons. The Morgan fingerprint density at radius 2 is 1.60 bits per heavy atom. The number of anilines is 1. The molecule has 0 fully saturated rings. The first-order chi connectivity index (χ1) is 11.9. The van der Waals surface area contributed by atoms with Crippen LogP contribution in [0.2, 0.25) is 0 Å². The van der Waals surface area contributed by atoms with Crippen LogP contribution in [0.5, 0.6) is 11.5 Å². The number of amides is 2. The zero-order valence-electron chi connectivity index (χ0n) is 13.6. The van der Waals surface area contributed by atoms with E-state index in [-0.39, 0.29) is 17.8 Å². The van der Waals surface area contributed by atoms with Crippen LogP contribution in [0.1, 0.15) is 10.4 Å². The van der Waals surface area contributed by atoms with E-state index in [1.54, 1.807) is 6.07 Å².